The van der Waals surface area contributed by atoms with Gasteiger partial charge in [-0.1, -0.05) is 36.4 Å². The number of benzene rings is 2. The smallest absolute Gasteiger partial charge is 0.170 e. The van der Waals surface area contributed by atoms with E-state index in [9.17, 15) is 9.59 Å². The van der Waals surface area contributed by atoms with Gasteiger partial charge in [-0.25, -0.2) is 9.97 Å². The molecule has 4 aromatic heterocycles. The van der Waals surface area contributed by atoms with Gasteiger partial charge in [0.15, 0.2) is 11.6 Å². The minimum Gasteiger partial charge on any atom is -0.347 e. The lowest BCUT2D eigenvalue weighted by Crippen LogP contribution is -2.27. The molecule has 0 spiro atoms. The van der Waals surface area contributed by atoms with Gasteiger partial charge >= 0.3 is 0 Å². The van der Waals surface area contributed by atoms with Gasteiger partial charge in [-0.15, -0.1) is 0 Å². The van der Waals surface area contributed by atoms with Crippen molar-refractivity contribution in [3.05, 3.63) is 107 Å². The zero-order valence-corrected chi connectivity index (χ0v) is 25.8. The standard InChI is InChI=1S/2C18H19N3O/c2*1-12-19-9-10-21(12)11-13-7-8-16-17(18(13)22)14-5-3-4-6-15(14)20(16)2/h2*3-6,9-10,13H,7-8,11H2,1-2H3. The molecule has 2 aliphatic rings. The molecule has 2 atom stereocenters. The van der Waals surface area contributed by atoms with Gasteiger partial charge in [-0.05, 0) is 51.7 Å². The Labute approximate surface area is 257 Å². The summed E-state index contributed by atoms with van der Waals surface area (Å²) in [5, 5.41) is 2.19. The first-order valence-electron chi connectivity index (χ1n) is 15.5. The van der Waals surface area contributed by atoms with Crippen molar-refractivity contribution in [2.75, 3.05) is 0 Å². The molecule has 2 aliphatic carbocycles. The minimum absolute atomic E-state index is 0.0474. The van der Waals surface area contributed by atoms with Crippen LogP contribution in [-0.2, 0) is 40.0 Å². The number of fused-ring (bicyclic) bond motifs is 6. The van der Waals surface area contributed by atoms with Crippen LogP contribution in [0.2, 0.25) is 0 Å². The van der Waals surface area contributed by atoms with E-state index in [-0.39, 0.29) is 23.4 Å². The van der Waals surface area contributed by atoms with Crippen molar-refractivity contribution in [3.63, 3.8) is 0 Å². The first-order chi connectivity index (χ1) is 21.3. The number of hydrogen-bond donors (Lipinski definition) is 0. The van der Waals surface area contributed by atoms with E-state index in [2.05, 4.69) is 66.6 Å². The van der Waals surface area contributed by atoms with Crippen LogP contribution in [0.4, 0.5) is 0 Å². The largest absolute Gasteiger partial charge is 0.347 e. The van der Waals surface area contributed by atoms with E-state index in [0.717, 1.165) is 83.4 Å². The molecule has 8 heteroatoms. The van der Waals surface area contributed by atoms with Crippen molar-refractivity contribution in [2.45, 2.75) is 52.6 Å². The third kappa shape index (κ3) is 4.60. The molecule has 6 aromatic rings. The van der Waals surface area contributed by atoms with Gasteiger partial charge < -0.3 is 18.3 Å². The number of hydrogen-bond acceptors (Lipinski definition) is 4. The highest BCUT2D eigenvalue weighted by molar-refractivity contribution is 6.12. The summed E-state index contributed by atoms with van der Waals surface area (Å²) in [6, 6.07) is 16.4. The fourth-order valence-electron chi connectivity index (χ4n) is 7.34. The summed E-state index contributed by atoms with van der Waals surface area (Å²) >= 11 is 0. The molecule has 2 aromatic carbocycles. The third-order valence-electron chi connectivity index (χ3n) is 9.83. The van der Waals surface area contributed by atoms with Gasteiger partial charge in [-0.3, -0.25) is 9.59 Å². The quantitative estimate of drug-likeness (QED) is 0.244. The van der Waals surface area contributed by atoms with Gasteiger partial charge in [0.2, 0.25) is 0 Å². The van der Waals surface area contributed by atoms with Crippen LogP contribution in [0.1, 0.15) is 56.6 Å². The minimum atomic E-state index is 0.0474. The van der Waals surface area contributed by atoms with Gasteiger partial charge in [0.1, 0.15) is 11.6 Å². The Balaban J connectivity index is 0.000000142. The number of carbonyl (C=O) groups excluding carboxylic acids is 2. The lowest BCUT2D eigenvalue weighted by atomic mass is 9.85. The summed E-state index contributed by atoms with van der Waals surface area (Å²) in [5.41, 5.74) is 6.55. The number of aromatic nitrogens is 6. The van der Waals surface area contributed by atoms with E-state index in [1.54, 1.807) is 12.4 Å². The van der Waals surface area contributed by atoms with Crippen molar-refractivity contribution < 1.29 is 9.59 Å². The predicted molar refractivity (Wildman–Crippen MR) is 172 cm³/mol. The lowest BCUT2D eigenvalue weighted by Gasteiger charge is -2.23. The van der Waals surface area contributed by atoms with Gasteiger partial charge in [-0.2, -0.15) is 0 Å². The Morgan fingerprint density at radius 1 is 0.659 bits per heavy atom. The van der Waals surface area contributed by atoms with Crippen LogP contribution in [0.25, 0.3) is 21.8 Å². The number of Topliss-reactive ketones (excluding diaryl/α,β-unsaturated/α-hetero) is 2. The maximum absolute atomic E-state index is 13.0. The summed E-state index contributed by atoms with van der Waals surface area (Å²) in [6.07, 6.45) is 11.3. The SMILES string of the molecule is Cc1nccn1CC1CCc2c(c3ccccc3n2C)C1=O.Cc1nccn1CC1CCc2c(c3ccccc3n2C)C1=O. The lowest BCUT2D eigenvalue weighted by molar-refractivity contribution is 0.0880. The second kappa shape index (κ2) is 11.1. The molecule has 0 fully saturated rings. The summed E-state index contributed by atoms with van der Waals surface area (Å²) in [6.45, 7) is 5.42. The number of para-hydroxylation sites is 2. The molecule has 0 amide bonds. The van der Waals surface area contributed by atoms with Gasteiger partial charge in [0.25, 0.3) is 0 Å². The topological polar surface area (TPSA) is 79.6 Å². The summed E-state index contributed by atoms with van der Waals surface area (Å²) in [4.78, 5) is 34.6. The molecular weight excluding hydrogens is 548 g/mol. The molecule has 0 radical (unpaired) electrons. The molecule has 0 N–H and O–H groups in total. The van der Waals surface area contributed by atoms with Crippen molar-refractivity contribution in [1.29, 1.82) is 0 Å². The Morgan fingerprint density at radius 2 is 1.07 bits per heavy atom. The fourth-order valence-corrected chi connectivity index (χ4v) is 7.34. The Hall–Kier alpha value is -4.72. The number of carbonyl (C=O) groups is 2. The third-order valence-corrected chi connectivity index (χ3v) is 9.83. The van der Waals surface area contributed by atoms with Crippen LogP contribution in [0, 0.1) is 25.7 Å². The molecule has 8 nitrogen and oxygen atoms in total. The highest BCUT2D eigenvalue weighted by Crippen LogP contribution is 2.35. The van der Waals surface area contributed by atoms with E-state index >= 15 is 0 Å². The highest BCUT2D eigenvalue weighted by Gasteiger charge is 2.33. The maximum Gasteiger partial charge on any atom is 0.170 e. The monoisotopic (exact) mass is 586 g/mol. The summed E-state index contributed by atoms with van der Waals surface area (Å²) in [7, 11) is 4.13. The van der Waals surface area contributed by atoms with E-state index in [1.807, 2.05) is 50.5 Å². The fraction of sp³-hybridized carbons (Fsp3) is 0.333. The number of imidazole rings is 2. The van der Waals surface area contributed by atoms with E-state index in [4.69, 9.17) is 0 Å². The summed E-state index contributed by atoms with van der Waals surface area (Å²) in [5.74, 6) is 2.60. The van der Waals surface area contributed by atoms with Crippen LogP contribution in [0.5, 0.6) is 0 Å². The van der Waals surface area contributed by atoms with Crippen LogP contribution in [-0.4, -0.2) is 39.8 Å². The molecule has 8 rings (SSSR count). The van der Waals surface area contributed by atoms with E-state index < -0.39 is 0 Å². The number of nitrogens with zero attached hydrogens (tertiary/aromatic N) is 6. The van der Waals surface area contributed by atoms with Crippen LogP contribution >= 0.6 is 0 Å². The zero-order chi connectivity index (χ0) is 30.5. The first kappa shape index (κ1) is 28.1. The van der Waals surface area contributed by atoms with Crippen molar-refractivity contribution in [2.24, 2.45) is 25.9 Å². The summed E-state index contributed by atoms with van der Waals surface area (Å²) < 4.78 is 8.53. The normalized spacial score (nSPS) is 17.9. The molecule has 0 saturated heterocycles. The van der Waals surface area contributed by atoms with Crippen LogP contribution < -0.4 is 0 Å². The molecular formula is C36H38N6O2. The van der Waals surface area contributed by atoms with Crippen LogP contribution in [0.3, 0.4) is 0 Å². The van der Waals surface area contributed by atoms with Crippen molar-refractivity contribution in [3.8, 4) is 0 Å². The second-order valence-corrected chi connectivity index (χ2v) is 12.2. The molecule has 2 unspecified atom stereocenters. The Morgan fingerprint density at radius 3 is 1.45 bits per heavy atom. The molecule has 4 heterocycles. The number of rotatable bonds is 4. The highest BCUT2D eigenvalue weighted by atomic mass is 16.1. The molecule has 0 bridgehead atoms. The molecule has 44 heavy (non-hydrogen) atoms. The van der Waals surface area contributed by atoms with E-state index in [1.165, 1.54) is 11.4 Å². The first-order valence-corrected chi connectivity index (χ1v) is 15.5. The molecule has 0 saturated carbocycles. The zero-order valence-electron chi connectivity index (χ0n) is 25.8. The average Bonchev–Trinajstić information content (AvgIpc) is 3.78. The van der Waals surface area contributed by atoms with Crippen LogP contribution in [0.15, 0.2) is 73.3 Å². The van der Waals surface area contributed by atoms with Gasteiger partial charge in [0, 0.05) is 108 Å². The van der Waals surface area contributed by atoms with Crippen molar-refractivity contribution >= 4 is 33.4 Å². The maximum atomic E-state index is 13.0. The van der Waals surface area contributed by atoms with Gasteiger partial charge in [0.05, 0.1) is 0 Å². The molecule has 224 valence electrons. The van der Waals surface area contributed by atoms with E-state index in [0.29, 0.717) is 0 Å². The Kier molecular flexibility index (Phi) is 7.07. The number of aryl methyl sites for hydroxylation is 4. The Bertz CT molecular complexity index is 1890. The average molecular weight is 587 g/mol. The second-order valence-electron chi connectivity index (χ2n) is 12.2. The van der Waals surface area contributed by atoms with Crippen molar-refractivity contribution in [1.82, 2.24) is 28.2 Å². The predicted octanol–water partition coefficient (Wildman–Crippen LogP) is 6.26. The molecule has 0 aliphatic heterocycles. The number of ketones is 2.